The number of pyridine rings is 1. The summed E-state index contributed by atoms with van der Waals surface area (Å²) in [5, 5.41) is 0. The molecule has 1 N–H and O–H groups in total. The number of H-pyrrole nitrogens is 1. The van der Waals surface area contributed by atoms with Crippen LogP contribution >= 0.6 is 0 Å². The molecule has 0 bridgehead atoms. The summed E-state index contributed by atoms with van der Waals surface area (Å²) in [6.07, 6.45) is 2.58. The van der Waals surface area contributed by atoms with E-state index in [4.69, 9.17) is 4.42 Å². The van der Waals surface area contributed by atoms with Crippen molar-refractivity contribution in [1.82, 2.24) is 9.55 Å². The molecule has 3 aromatic rings. The Kier molecular flexibility index (Phi) is 3.25. The SMILES string of the molecule is CS(=O)(=O)c1ccccc1Cn1ccc2oc(=O)[nH]c2c1=O. The second-order valence-electron chi connectivity index (χ2n) is 4.88. The van der Waals surface area contributed by atoms with Crippen LogP contribution in [0.4, 0.5) is 0 Å². The van der Waals surface area contributed by atoms with Gasteiger partial charge in [-0.25, -0.2) is 13.2 Å². The number of sulfone groups is 1. The Labute approximate surface area is 124 Å². The third-order valence-electron chi connectivity index (χ3n) is 3.27. The van der Waals surface area contributed by atoms with Crippen molar-refractivity contribution in [3.05, 3.63) is 63.0 Å². The maximum atomic E-state index is 12.3. The van der Waals surface area contributed by atoms with E-state index >= 15 is 0 Å². The average Bonchev–Trinajstić information content (AvgIpc) is 2.83. The van der Waals surface area contributed by atoms with Crippen molar-refractivity contribution >= 4 is 20.9 Å². The number of hydrogen-bond donors (Lipinski definition) is 1. The first-order valence-corrected chi connectivity index (χ1v) is 8.25. The van der Waals surface area contributed by atoms with Crippen LogP contribution in [0.2, 0.25) is 0 Å². The molecule has 3 rings (SSSR count). The van der Waals surface area contributed by atoms with Gasteiger partial charge in [0.25, 0.3) is 5.56 Å². The lowest BCUT2D eigenvalue weighted by Crippen LogP contribution is -2.21. The second kappa shape index (κ2) is 4.99. The van der Waals surface area contributed by atoms with Crippen LogP contribution in [0.5, 0.6) is 0 Å². The van der Waals surface area contributed by atoms with E-state index < -0.39 is 21.2 Å². The molecule has 0 unspecified atom stereocenters. The smallest absolute Gasteiger partial charge is 0.408 e. The fourth-order valence-electron chi connectivity index (χ4n) is 2.29. The van der Waals surface area contributed by atoms with E-state index in [2.05, 4.69) is 4.98 Å². The first-order valence-electron chi connectivity index (χ1n) is 6.36. The maximum Gasteiger partial charge on any atom is 0.417 e. The van der Waals surface area contributed by atoms with Crippen molar-refractivity contribution in [1.29, 1.82) is 0 Å². The van der Waals surface area contributed by atoms with Gasteiger partial charge in [0.15, 0.2) is 20.9 Å². The minimum atomic E-state index is -3.40. The first-order chi connectivity index (χ1) is 10.4. The molecular formula is C14H12N2O5S. The van der Waals surface area contributed by atoms with Gasteiger partial charge in [-0.15, -0.1) is 0 Å². The molecule has 0 saturated carbocycles. The molecule has 0 amide bonds. The highest BCUT2D eigenvalue weighted by atomic mass is 32.2. The largest absolute Gasteiger partial charge is 0.417 e. The molecule has 0 atom stereocenters. The van der Waals surface area contributed by atoms with Gasteiger partial charge in [0.2, 0.25) is 0 Å². The molecular weight excluding hydrogens is 308 g/mol. The lowest BCUT2D eigenvalue weighted by molar-refractivity contribution is 0.554. The maximum absolute atomic E-state index is 12.3. The summed E-state index contributed by atoms with van der Waals surface area (Å²) < 4.78 is 29.7. The van der Waals surface area contributed by atoms with E-state index in [0.29, 0.717) is 5.56 Å². The zero-order valence-electron chi connectivity index (χ0n) is 11.6. The number of hydrogen-bond acceptors (Lipinski definition) is 5. The Hall–Kier alpha value is -2.61. The van der Waals surface area contributed by atoms with E-state index in [1.54, 1.807) is 18.2 Å². The summed E-state index contributed by atoms with van der Waals surface area (Å²) in [6, 6.07) is 7.95. The van der Waals surface area contributed by atoms with Gasteiger partial charge in [-0.3, -0.25) is 9.78 Å². The number of fused-ring (bicyclic) bond motifs is 1. The Balaban J connectivity index is 2.14. The van der Waals surface area contributed by atoms with Crippen molar-refractivity contribution in [2.75, 3.05) is 6.26 Å². The number of nitrogens with zero attached hydrogens (tertiary/aromatic N) is 1. The van der Waals surface area contributed by atoms with Gasteiger partial charge in [-0.05, 0) is 17.7 Å². The molecule has 8 heteroatoms. The average molecular weight is 320 g/mol. The molecule has 7 nitrogen and oxygen atoms in total. The topological polar surface area (TPSA) is 102 Å². The van der Waals surface area contributed by atoms with Crippen molar-refractivity contribution in [3.8, 4) is 0 Å². The van der Waals surface area contributed by atoms with E-state index in [1.807, 2.05) is 0 Å². The van der Waals surface area contributed by atoms with Crippen LogP contribution in [0.25, 0.3) is 11.1 Å². The molecule has 114 valence electrons. The van der Waals surface area contributed by atoms with Crippen molar-refractivity contribution in [2.24, 2.45) is 0 Å². The molecule has 0 saturated heterocycles. The lowest BCUT2D eigenvalue weighted by atomic mass is 10.2. The third-order valence-corrected chi connectivity index (χ3v) is 4.47. The number of benzene rings is 1. The molecule has 1 aromatic carbocycles. The highest BCUT2D eigenvalue weighted by molar-refractivity contribution is 7.90. The van der Waals surface area contributed by atoms with E-state index in [9.17, 15) is 18.0 Å². The fourth-order valence-corrected chi connectivity index (χ4v) is 3.22. The van der Waals surface area contributed by atoms with Gasteiger partial charge in [0, 0.05) is 12.5 Å². The number of aromatic amines is 1. The molecule has 2 heterocycles. The molecule has 0 spiro atoms. The molecule has 0 radical (unpaired) electrons. The van der Waals surface area contributed by atoms with Crippen molar-refractivity contribution in [3.63, 3.8) is 0 Å². The van der Waals surface area contributed by atoms with Crippen LogP contribution in [0.15, 0.2) is 55.4 Å². The molecule has 0 aliphatic rings. The summed E-state index contributed by atoms with van der Waals surface area (Å²) in [6.45, 7) is 0.0746. The summed E-state index contributed by atoms with van der Waals surface area (Å²) >= 11 is 0. The quantitative estimate of drug-likeness (QED) is 0.766. The van der Waals surface area contributed by atoms with Crippen LogP contribution in [0.3, 0.4) is 0 Å². The lowest BCUT2D eigenvalue weighted by Gasteiger charge is -2.09. The van der Waals surface area contributed by atoms with E-state index in [0.717, 1.165) is 6.26 Å². The minimum Gasteiger partial charge on any atom is -0.408 e. The van der Waals surface area contributed by atoms with Gasteiger partial charge in [-0.1, -0.05) is 18.2 Å². The Bertz CT molecular complexity index is 1070. The standard InChI is InChI=1S/C14H12N2O5S/c1-22(19,20)11-5-3-2-4-9(11)8-16-7-6-10-12(13(16)17)15-14(18)21-10/h2-7H,8H2,1H3,(H,15,18). The normalized spacial score (nSPS) is 11.9. The zero-order chi connectivity index (χ0) is 15.9. The van der Waals surface area contributed by atoms with Gasteiger partial charge in [0.05, 0.1) is 11.4 Å². The number of rotatable bonds is 3. The molecule has 22 heavy (non-hydrogen) atoms. The van der Waals surface area contributed by atoms with Gasteiger partial charge >= 0.3 is 5.76 Å². The number of aromatic nitrogens is 2. The highest BCUT2D eigenvalue weighted by Gasteiger charge is 2.14. The van der Waals surface area contributed by atoms with Crippen LogP contribution < -0.4 is 11.3 Å². The Morgan fingerprint density at radius 2 is 1.91 bits per heavy atom. The number of nitrogens with one attached hydrogen (secondary N) is 1. The fraction of sp³-hybridized carbons (Fsp3) is 0.143. The van der Waals surface area contributed by atoms with Crippen LogP contribution in [-0.2, 0) is 16.4 Å². The summed E-state index contributed by atoms with van der Waals surface area (Å²) in [5.74, 6) is -0.707. The van der Waals surface area contributed by atoms with Crippen LogP contribution in [-0.4, -0.2) is 24.2 Å². The van der Waals surface area contributed by atoms with Gasteiger partial charge < -0.3 is 8.98 Å². The van der Waals surface area contributed by atoms with E-state index in [-0.39, 0.29) is 22.5 Å². The van der Waals surface area contributed by atoms with Crippen molar-refractivity contribution < 1.29 is 12.8 Å². The van der Waals surface area contributed by atoms with Crippen LogP contribution in [0, 0.1) is 0 Å². The summed E-state index contributed by atoms with van der Waals surface area (Å²) in [7, 11) is -3.40. The first kappa shape index (κ1) is 14.3. The molecule has 0 aliphatic heterocycles. The number of oxazole rings is 1. The Morgan fingerprint density at radius 1 is 1.18 bits per heavy atom. The monoisotopic (exact) mass is 320 g/mol. The Morgan fingerprint density at radius 3 is 2.64 bits per heavy atom. The van der Waals surface area contributed by atoms with Gasteiger partial charge in [-0.2, -0.15) is 0 Å². The highest BCUT2D eigenvalue weighted by Crippen LogP contribution is 2.16. The predicted octanol–water partition coefficient (Wildman–Crippen LogP) is 0.735. The zero-order valence-corrected chi connectivity index (χ0v) is 12.4. The second-order valence-corrected chi connectivity index (χ2v) is 6.87. The minimum absolute atomic E-state index is 0.0596. The van der Waals surface area contributed by atoms with Crippen LogP contribution in [0.1, 0.15) is 5.56 Å². The summed E-state index contributed by atoms with van der Waals surface area (Å²) in [4.78, 5) is 25.9. The molecule has 2 aromatic heterocycles. The predicted molar refractivity (Wildman–Crippen MR) is 79.7 cm³/mol. The molecule has 0 aliphatic carbocycles. The summed E-state index contributed by atoms with van der Waals surface area (Å²) in [5.41, 5.74) is 0.274. The third kappa shape index (κ3) is 2.48. The van der Waals surface area contributed by atoms with Gasteiger partial charge in [0.1, 0.15) is 0 Å². The van der Waals surface area contributed by atoms with Crippen molar-refractivity contribution in [2.45, 2.75) is 11.4 Å². The molecule has 0 fully saturated rings. The van der Waals surface area contributed by atoms with E-state index in [1.165, 1.54) is 22.9 Å².